The minimum absolute atomic E-state index is 0.0108. The lowest BCUT2D eigenvalue weighted by atomic mass is 10.0. The lowest BCUT2D eigenvalue weighted by Crippen LogP contribution is -2.12. The number of hydrogen-bond donors (Lipinski definition) is 0. The van der Waals surface area contributed by atoms with Crippen LogP contribution in [0.2, 0.25) is 10.0 Å². The van der Waals surface area contributed by atoms with Crippen LogP contribution in [0.4, 0.5) is 0 Å². The molecular formula is C24H23Cl2NO5. The van der Waals surface area contributed by atoms with E-state index < -0.39 is 0 Å². The first-order chi connectivity index (χ1) is 15.5. The van der Waals surface area contributed by atoms with Gasteiger partial charge in [0.05, 0.1) is 43.0 Å². The molecule has 0 saturated carbocycles. The molecule has 0 aliphatic heterocycles. The summed E-state index contributed by atoms with van der Waals surface area (Å²) in [5.74, 6) is 1.66. The summed E-state index contributed by atoms with van der Waals surface area (Å²) in [4.78, 5) is 17.1. The first kappa shape index (κ1) is 23.7. The number of rotatable bonds is 11. The Hall–Kier alpha value is -2.96. The van der Waals surface area contributed by atoms with Gasteiger partial charge in [0.1, 0.15) is 5.75 Å². The van der Waals surface area contributed by atoms with Crippen LogP contribution in [0.3, 0.4) is 0 Å². The van der Waals surface area contributed by atoms with Gasteiger partial charge in [-0.05, 0) is 24.3 Å². The summed E-state index contributed by atoms with van der Waals surface area (Å²) in [5.41, 5.74) is 0.848. The molecule has 0 atom stereocenters. The van der Waals surface area contributed by atoms with Crippen LogP contribution in [0.1, 0.15) is 22.3 Å². The van der Waals surface area contributed by atoms with Crippen LogP contribution < -0.4 is 18.9 Å². The summed E-state index contributed by atoms with van der Waals surface area (Å²) in [5, 5.41) is 0.652. The van der Waals surface area contributed by atoms with Gasteiger partial charge in [0, 0.05) is 30.8 Å². The standard InChI is InChI=1S/C24H23Cl2NO5/c1-29-22-10-9-17(21(28)13-18-19(25)14-27-15-20(18)26)23(24(22)30-2)32-12-6-11-31-16-7-4-3-5-8-16/h3-5,7-10,14-15H,6,11-13H2,1-2H3. The van der Waals surface area contributed by atoms with Gasteiger partial charge in [-0.1, -0.05) is 41.4 Å². The third-order valence-corrected chi connectivity index (χ3v) is 5.29. The number of carbonyl (C=O) groups excluding carboxylic acids is 1. The summed E-state index contributed by atoms with van der Waals surface area (Å²) in [7, 11) is 3.02. The van der Waals surface area contributed by atoms with Gasteiger partial charge < -0.3 is 18.9 Å². The second-order valence-electron chi connectivity index (χ2n) is 6.72. The molecule has 0 saturated heterocycles. The number of ketones is 1. The van der Waals surface area contributed by atoms with Crippen molar-refractivity contribution in [1.29, 1.82) is 0 Å². The molecule has 0 spiro atoms. The van der Waals surface area contributed by atoms with Gasteiger partial charge in [-0.15, -0.1) is 0 Å². The van der Waals surface area contributed by atoms with Crippen molar-refractivity contribution in [3.63, 3.8) is 0 Å². The van der Waals surface area contributed by atoms with E-state index in [0.29, 0.717) is 58.1 Å². The number of nitrogens with zero attached hydrogens (tertiary/aromatic N) is 1. The third-order valence-electron chi connectivity index (χ3n) is 4.64. The van der Waals surface area contributed by atoms with Crippen LogP contribution in [-0.4, -0.2) is 38.2 Å². The number of para-hydroxylation sites is 1. The molecule has 0 fully saturated rings. The highest BCUT2D eigenvalue weighted by Gasteiger charge is 2.23. The molecule has 0 radical (unpaired) electrons. The maximum absolute atomic E-state index is 13.1. The average molecular weight is 476 g/mol. The van der Waals surface area contributed by atoms with Gasteiger partial charge in [-0.25, -0.2) is 0 Å². The zero-order valence-electron chi connectivity index (χ0n) is 17.8. The fourth-order valence-corrected chi connectivity index (χ4v) is 3.56. The molecule has 3 rings (SSSR count). The number of Topliss-reactive ketones (excluding diaryl/α,β-unsaturated/α-hetero) is 1. The van der Waals surface area contributed by atoms with Crippen molar-refractivity contribution in [3.05, 3.63) is 76.0 Å². The summed E-state index contributed by atoms with van der Waals surface area (Å²) in [6, 6.07) is 12.8. The van der Waals surface area contributed by atoms with Crippen molar-refractivity contribution in [1.82, 2.24) is 4.98 Å². The number of methoxy groups -OCH3 is 2. The number of ether oxygens (including phenoxy) is 4. The molecule has 1 heterocycles. The molecule has 0 N–H and O–H groups in total. The minimum Gasteiger partial charge on any atom is -0.493 e. The van der Waals surface area contributed by atoms with Gasteiger partial charge in [-0.3, -0.25) is 9.78 Å². The van der Waals surface area contributed by atoms with E-state index in [1.54, 1.807) is 12.1 Å². The van der Waals surface area contributed by atoms with Gasteiger partial charge in [-0.2, -0.15) is 0 Å². The van der Waals surface area contributed by atoms with Crippen molar-refractivity contribution < 1.29 is 23.7 Å². The van der Waals surface area contributed by atoms with Crippen LogP contribution in [-0.2, 0) is 6.42 Å². The van der Waals surface area contributed by atoms with Crippen molar-refractivity contribution in [2.75, 3.05) is 27.4 Å². The summed E-state index contributed by atoms with van der Waals surface area (Å²) >= 11 is 12.4. The van der Waals surface area contributed by atoms with E-state index in [0.717, 1.165) is 5.75 Å². The highest BCUT2D eigenvalue weighted by Crippen LogP contribution is 2.41. The molecule has 0 amide bonds. The zero-order valence-corrected chi connectivity index (χ0v) is 19.3. The van der Waals surface area contributed by atoms with Gasteiger partial charge in [0.2, 0.25) is 5.75 Å². The van der Waals surface area contributed by atoms with E-state index in [2.05, 4.69) is 4.98 Å². The third kappa shape index (κ3) is 5.84. The quantitative estimate of drug-likeness (QED) is 0.262. The van der Waals surface area contributed by atoms with Crippen molar-refractivity contribution in [2.45, 2.75) is 12.8 Å². The minimum atomic E-state index is -0.225. The zero-order chi connectivity index (χ0) is 22.9. The molecule has 32 heavy (non-hydrogen) atoms. The Bertz CT molecular complexity index is 1040. The molecule has 0 bridgehead atoms. The van der Waals surface area contributed by atoms with E-state index in [1.807, 2.05) is 30.3 Å². The Balaban J connectivity index is 1.76. The fourth-order valence-electron chi connectivity index (χ4n) is 3.06. The molecule has 168 valence electrons. The van der Waals surface area contributed by atoms with Crippen LogP contribution in [0.25, 0.3) is 0 Å². The first-order valence-corrected chi connectivity index (χ1v) is 10.7. The predicted molar refractivity (Wildman–Crippen MR) is 124 cm³/mol. The average Bonchev–Trinajstić information content (AvgIpc) is 2.81. The molecular weight excluding hydrogens is 453 g/mol. The molecule has 2 aromatic carbocycles. The smallest absolute Gasteiger partial charge is 0.204 e. The van der Waals surface area contributed by atoms with Crippen molar-refractivity contribution >= 4 is 29.0 Å². The topological polar surface area (TPSA) is 66.9 Å². The van der Waals surface area contributed by atoms with E-state index in [9.17, 15) is 4.79 Å². The van der Waals surface area contributed by atoms with E-state index in [4.69, 9.17) is 42.1 Å². The molecule has 1 aromatic heterocycles. The maximum atomic E-state index is 13.1. The Morgan fingerprint density at radius 3 is 2.22 bits per heavy atom. The first-order valence-electron chi connectivity index (χ1n) is 9.91. The Kier molecular flexibility index (Phi) is 8.59. The highest BCUT2D eigenvalue weighted by molar-refractivity contribution is 6.36. The molecule has 6 nitrogen and oxygen atoms in total. The fraction of sp³-hybridized carbons (Fsp3) is 0.250. The van der Waals surface area contributed by atoms with Crippen molar-refractivity contribution in [2.24, 2.45) is 0 Å². The van der Waals surface area contributed by atoms with E-state index in [1.165, 1.54) is 26.6 Å². The highest BCUT2D eigenvalue weighted by atomic mass is 35.5. The molecule has 0 aliphatic carbocycles. The molecule has 8 heteroatoms. The number of pyridine rings is 1. The van der Waals surface area contributed by atoms with E-state index >= 15 is 0 Å². The monoisotopic (exact) mass is 475 g/mol. The number of halogens is 2. The van der Waals surface area contributed by atoms with Crippen LogP contribution in [0.15, 0.2) is 54.9 Å². The molecule has 0 unspecified atom stereocenters. The summed E-state index contributed by atoms with van der Waals surface area (Å²) < 4.78 is 22.5. The normalized spacial score (nSPS) is 10.5. The molecule has 0 aliphatic rings. The summed E-state index contributed by atoms with van der Waals surface area (Å²) in [6.07, 6.45) is 3.50. The Labute approximate surface area is 197 Å². The summed E-state index contributed by atoms with van der Waals surface area (Å²) in [6.45, 7) is 0.773. The Morgan fingerprint density at radius 2 is 1.56 bits per heavy atom. The number of aromatic nitrogens is 1. The van der Waals surface area contributed by atoms with Crippen molar-refractivity contribution in [3.8, 4) is 23.0 Å². The van der Waals surface area contributed by atoms with Gasteiger partial charge >= 0.3 is 0 Å². The lowest BCUT2D eigenvalue weighted by molar-refractivity contribution is 0.0987. The predicted octanol–water partition coefficient (Wildman–Crippen LogP) is 5.68. The number of benzene rings is 2. The SMILES string of the molecule is COc1ccc(C(=O)Cc2c(Cl)cncc2Cl)c(OCCCOc2ccccc2)c1OC. The van der Waals surface area contributed by atoms with Crippen LogP contribution >= 0.6 is 23.2 Å². The van der Waals surface area contributed by atoms with Crippen LogP contribution in [0, 0.1) is 0 Å². The Morgan fingerprint density at radius 1 is 0.875 bits per heavy atom. The second kappa shape index (κ2) is 11.6. The lowest BCUT2D eigenvalue weighted by Gasteiger charge is -2.17. The second-order valence-corrected chi connectivity index (χ2v) is 7.54. The number of hydrogen-bond acceptors (Lipinski definition) is 6. The van der Waals surface area contributed by atoms with Gasteiger partial charge in [0.15, 0.2) is 17.3 Å². The largest absolute Gasteiger partial charge is 0.493 e. The molecule has 3 aromatic rings. The van der Waals surface area contributed by atoms with Crippen LogP contribution in [0.5, 0.6) is 23.0 Å². The maximum Gasteiger partial charge on any atom is 0.204 e. The van der Waals surface area contributed by atoms with E-state index in [-0.39, 0.29) is 12.2 Å². The van der Waals surface area contributed by atoms with Gasteiger partial charge in [0.25, 0.3) is 0 Å². The number of carbonyl (C=O) groups is 1.